The van der Waals surface area contributed by atoms with Gasteiger partial charge in [-0.3, -0.25) is 0 Å². The Balaban J connectivity index is 1.72. The maximum Gasteiger partial charge on any atom is 0.198 e. The van der Waals surface area contributed by atoms with Crippen molar-refractivity contribution in [3.05, 3.63) is 36.4 Å². The number of anilines is 2. The first-order valence-electron chi connectivity index (χ1n) is 8.18. The molecule has 130 valence electrons. The summed E-state index contributed by atoms with van der Waals surface area (Å²) in [5.41, 5.74) is 2.53. The molecule has 0 radical (unpaired) electrons. The van der Waals surface area contributed by atoms with Crippen LogP contribution in [0, 0.1) is 0 Å². The van der Waals surface area contributed by atoms with Gasteiger partial charge >= 0.3 is 0 Å². The van der Waals surface area contributed by atoms with Gasteiger partial charge in [0.1, 0.15) is 6.33 Å². The van der Waals surface area contributed by atoms with E-state index in [0.717, 1.165) is 30.9 Å². The lowest BCUT2D eigenvalue weighted by Crippen LogP contribution is -2.11. The van der Waals surface area contributed by atoms with Crippen LogP contribution in [-0.2, 0) is 0 Å². The molecular formula is C17H20N6O2. The van der Waals surface area contributed by atoms with Crippen LogP contribution in [0.25, 0.3) is 5.65 Å². The molecule has 0 amide bonds. The zero-order valence-corrected chi connectivity index (χ0v) is 14.2. The fourth-order valence-electron chi connectivity index (χ4n) is 3.09. The Morgan fingerprint density at radius 1 is 1.24 bits per heavy atom. The van der Waals surface area contributed by atoms with Crippen LogP contribution >= 0.6 is 0 Å². The summed E-state index contributed by atoms with van der Waals surface area (Å²) in [6.45, 7) is 1.95. The molecule has 0 aliphatic carbocycles. The van der Waals surface area contributed by atoms with Gasteiger partial charge in [-0.25, -0.2) is 14.5 Å². The van der Waals surface area contributed by atoms with Crippen LogP contribution in [0.3, 0.4) is 0 Å². The summed E-state index contributed by atoms with van der Waals surface area (Å²) < 4.78 is 12.4. The van der Waals surface area contributed by atoms with Gasteiger partial charge in [0.2, 0.25) is 0 Å². The summed E-state index contributed by atoms with van der Waals surface area (Å²) in [6.07, 6.45) is 4.57. The first kappa shape index (κ1) is 15.6. The summed E-state index contributed by atoms with van der Waals surface area (Å²) >= 11 is 0. The Morgan fingerprint density at radius 2 is 2.12 bits per heavy atom. The minimum absolute atomic E-state index is 0.388. The van der Waals surface area contributed by atoms with E-state index in [-0.39, 0.29) is 0 Å². The number of nitrogens with one attached hydrogen (secondary N) is 2. The van der Waals surface area contributed by atoms with Crippen LogP contribution in [-0.4, -0.2) is 46.9 Å². The molecule has 0 spiro atoms. The maximum atomic E-state index is 5.37. The molecule has 1 aliphatic rings. The molecule has 8 heteroatoms. The number of rotatable bonds is 5. The third-order valence-corrected chi connectivity index (χ3v) is 4.41. The lowest BCUT2D eigenvalue weighted by molar-refractivity contribution is 0.355. The van der Waals surface area contributed by atoms with Crippen molar-refractivity contribution in [1.82, 2.24) is 24.9 Å². The van der Waals surface area contributed by atoms with E-state index in [1.165, 1.54) is 6.33 Å². The number of benzene rings is 1. The molecule has 3 aromatic rings. The molecular weight excluding hydrogens is 320 g/mol. The van der Waals surface area contributed by atoms with Crippen LogP contribution in [0.4, 0.5) is 11.5 Å². The summed E-state index contributed by atoms with van der Waals surface area (Å²) in [7, 11) is 3.23. The smallest absolute Gasteiger partial charge is 0.198 e. The van der Waals surface area contributed by atoms with Crippen molar-refractivity contribution in [1.29, 1.82) is 0 Å². The fourth-order valence-corrected chi connectivity index (χ4v) is 3.09. The van der Waals surface area contributed by atoms with Crippen molar-refractivity contribution in [2.24, 2.45) is 0 Å². The van der Waals surface area contributed by atoms with Crippen LogP contribution in [0.15, 0.2) is 30.7 Å². The van der Waals surface area contributed by atoms with Crippen molar-refractivity contribution < 1.29 is 9.47 Å². The minimum Gasteiger partial charge on any atom is -0.493 e. The molecule has 2 N–H and O–H groups in total. The number of fused-ring (bicyclic) bond motifs is 1. The van der Waals surface area contributed by atoms with Gasteiger partial charge in [-0.15, -0.1) is 0 Å². The number of ether oxygens (including phenoxy) is 2. The van der Waals surface area contributed by atoms with E-state index in [0.29, 0.717) is 28.9 Å². The van der Waals surface area contributed by atoms with E-state index >= 15 is 0 Å². The molecule has 1 saturated heterocycles. The number of hydrogen-bond acceptors (Lipinski definition) is 7. The van der Waals surface area contributed by atoms with Crippen molar-refractivity contribution >= 4 is 17.2 Å². The molecule has 1 aromatic carbocycles. The first-order valence-corrected chi connectivity index (χ1v) is 8.18. The molecule has 4 rings (SSSR count). The highest BCUT2D eigenvalue weighted by Gasteiger charge is 2.20. The highest BCUT2D eigenvalue weighted by molar-refractivity contribution is 5.71. The Bertz CT molecular complexity index is 888. The SMILES string of the molecule is COc1ccc(Nc2nc([C@H]3CCNC3)cn3ncnc23)cc1OC. The van der Waals surface area contributed by atoms with Gasteiger partial charge in [0.25, 0.3) is 0 Å². The lowest BCUT2D eigenvalue weighted by atomic mass is 10.1. The molecule has 0 saturated carbocycles. The fraction of sp³-hybridized carbons (Fsp3) is 0.353. The predicted octanol–water partition coefficient (Wildman–Crippen LogP) is 1.96. The molecule has 0 unspecified atom stereocenters. The molecule has 3 heterocycles. The van der Waals surface area contributed by atoms with Gasteiger partial charge in [0.15, 0.2) is 23.0 Å². The zero-order chi connectivity index (χ0) is 17.2. The van der Waals surface area contributed by atoms with Crippen molar-refractivity contribution in [3.63, 3.8) is 0 Å². The van der Waals surface area contributed by atoms with Gasteiger partial charge < -0.3 is 20.1 Å². The molecule has 1 aliphatic heterocycles. The monoisotopic (exact) mass is 340 g/mol. The highest BCUT2D eigenvalue weighted by atomic mass is 16.5. The number of hydrogen-bond donors (Lipinski definition) is 2. The average Bonchev–Trinajstić information content (AvgIpc) is 3.33. The Kier molecular flexibility index (Phi) is 4.10. The van der Waals surface area contributed by atoms with E-state index in [2.05, 4.69) is 20.7 Å². The van der Waals surface area contributed by atoms with E-state index in [1.807, 2.05) is 24.4 Å². The number of nitrogens with zero attached hydrogens (tertiary/aromatic N) is 4. The van der Waals surface area contributed by atoms with Crippen molar-refractivity contribution in [3.8, 4) is 11.5 Å². The van der Waals surface area contributed by atoms with Crippen LogP contribution in [0.2, 0.25) is 0 Å². The summed E-state index contributed by atoms with van der Waals surface area (Å²) in [6, 6.07) is 5.64. The Morgan fingerprint density at radius 3 is 2.88 bits per heavy atom. The van der Waals surface area contributed by atoms with Gasteiger partial charge in [0.05, 0.1) is 26.1 Å². The number of aromatic nitrogens is 4. The molecule has 1 fully saturated rings. The predicted molar refractivity (Wildman–Crippen MR) is 93.8 cm³/mol. The van der Waals surface area contributed by atoms with Gasteiger partial charge in [0, 0.05) is 24.2 Å². The summed E-state index contributed by atoms with van der Waals surface area (Å²) in [5.74, 6) is 2.40. The van der Waals surface area contributed by atoms with Gasteiger partial charge in [-0.1, -0.05) is 0 Å². The minimum atomic E-state index is 0.388. The summed E-state index contributed by atoms with van der Waals surface area (Å²) in [5, 5.41) is 11.0. The second kappa shape index (κ2) is 6.56. The largest absolute Gasteiger partial charge is 0.493 e. The van der Waals surface area contributed by atoms with E-state index in [4.69, 9.17) is 14.5 Å². The quantitative estimate of drug-likeness (QED) is 0.734. The molecule has 8 nitrogen and oxygen atoms in total. The van der Waals surface area contributed by atoms with Gasteiger partial charge in [-0.2, -0.15) is 5.10 Å². The third-order valence-electron chi connectivity index (χ3n) is 4.41. The highest BCUT2D eigenvalue weighted by Crippen LogP contribution is 2.32. The second-order valence-corrected chi connectivity index (χ2v) is 5.93. The van der Waals surface area contributed by atoms with Gasteiger partial charge in [-0.05, 0) is 25.1 Å². The Hall–Kier alpha value is -2.87. The van der Waals surface area contributed by atoms with Crippen LogP contribution in [0.1, 0.15) is 18.0 Å². The van der Waals surface area contributed by atoms with Crippen molar-refractivity contribution in [2.45, 2.75) is 12.3 Å². The van der Waals surface area contributed by atoms with E-state index in [9.17, 15) is 0 Å². The van der Waals surface area contributed by atoms with E-state index in [1.54, 1.807) is 18.7 Å². The second-order valence-electron chi connectivity index (χ2n) is 5.93. The van der Waals surface area contributed by atoms with Crippen LogP contribution < -0.4 is 20.1 Å². The average molecular weight is 340 g/mol. The van der Waals surface area contributed by atoms with Crippen LogP contribution in [0.5, 0.6) is 11.5 Å². The molecule has 1 atom stereocenters. The topological polar surface area (TPSA) is 85.6 Å². The van der Waals surface area contributed by atoms with E-state index < -0.39 is 0 Å². The molecule has 2 aromatic heterocycles. The Labute approximate surface area is 145 Å². The summed E-state index contributed by atoms with van der Waals surface area (Å²) in [4.78, 5) is 9.12. The maximum absolute atomic E-state index is 5.37. The zero-order valence-electron chi connectivity index (χ0n) is 14.2. The molecule has 25 heavy (non-hydrogen) atoms. The molecule has 0 bridgehead atoms. The lowest BCUT2D eigenvalue weighted by Gasteiger charge is -2.14. The standard InChI is InChI=1S/C17H20N6O2/c1-24-14-4-3-12(7-15(14)25-2)21-16-17-19-10-20-23(17)9-13(22-16)11-5-6-18-8-11/h3-4,7,9-11,18H,5-6,8H2,1-2H3,(H,21,22)/t11-/m0/s1. The first-order chi connectivity index (χ1) is 12.3. The van der Waals surface area contributed by atoms with Crippen molar-refractivity contribution in [2.75, 3.05) is 32.6 Å². The number of methoxy groups -OCH3 is 2. The normalized spacial score (nSPS) is 17.0. The third kappa shape index (κ3) is 2.96.